The van der Waals surface area contributed by atoms with E-state index in [0.29, 0.717) is 5.82 Å². The highest BCUT2D eigenvalue weighted by Crippen LogP contribution is 1.94. The van der Waals surface area contributed by atoms with Crippen molar-refractivity contribution in [3.05, 3.63) is 35.9 Å². The molecule has 0 aliphatic heterocycles. The summed E-state index contributed by atoms with van der Waals surface area (Å²) in [5.41, 5.74) is 0.730. The lowest BCUT2D eigenvalue weighted by Crippen LogP contribution is -2.25. The maximum absolute atomic E-state index is 11.5. The van der Waals surface area contributed by atoms with Gasteiger partial charge in [-0.3, -0.25) is 9.78 Å². The van der Waals surface area contributed by atoms with Gasteiger partial charge in [-0.05, 0) is 12.1 Å². The maximum atomic E-state index is 11.5. The van der Waals surface area contributed by atoms with Crippen molar-refractivity contribution in [3.8, 4) is 0 Å². The first kappa shape index (κ1) is 10.2. The molecule has 0 saturated carbocycles. The van der Waals surface area contributed by atoms with Crippen molar-refractivity contribution in [2.24, 2.45) is 0 Å². The van der Waals surface area contributed by atoms with Gasteiger partial charge in [0.1, 0.15) is 0 Å². The van der Waals surface area contributed by atoms with Gasteiger partial charge in [-0.25, -0.2) is 0 Å². The van der Waals surface area contributed by atoms with Crippen molar-refractivity contribution in [3.63, 3.8) is 0 Å². The van der Waals surface area contributed by atoms with Crippen LogP contribution in [0, 0.1) is 0 Å². The SMILES string of the molecule is O=C(Cc1ccccn1)NCc1nn[nH]n1. The zero-order chi connectivity index (χ0) is 11.2. The summed E-state index contributed by atoms with van der Waals surface area (Å²) in [7, 11) is 0. The number of aromatic nitrogens is 5. The molecule has 7 heteroatoms. The molecule has 0 aliphatic carbocycles. The van der Waals surface area contributed by atoms with Gasteiger partial charge in [0.25, 0.3) is 0 Å². The van der Waals surface area contributed by atoms with Crippen LogP contribution in [0.2, 0.25) is 0 Å². The van der Waals surface area contributed by atoms with Crippen LogP contribution in [0.1, 0.15) is 11.5 Å². The van der Waals surface area contributed by atoms with Crippen molar-refractivity contribution in [1.29, 1.82) is 0 Å². The summed E-state index contributed by atoms with van der Waals surface area (Å²) in [6.07, 6.45) is 1.90. The third-order valence-electron chi connectivity index (χ3n) is 1.90. The minimum absolute atomic E-state index is 0.122. The van der Waals surface area contributed by atoms with Gasteiger partial charge in [-0.15, -0.1) is 10.2 Å². The van der Waals surface area contributed by atoms with Crippen molar-refractivity contribution in [2.75, 3.05) is 0 Å². The van der Waals surface area contributed by atoms with Crippen molar-refractivity contribution in [2.45, 2.75) is 13.0 Å². The first-order valence-electron chi connectivity index (χ1n) is 4.73. The molecule has 0 saturated heterocycles. The van der Waals surface area contributed by atoms with E-state index in [9.17, 15) is 4.79 Å². The summed E-state index contributed by atoms with van der Waals surface area (Å²) in [4.78, 5) is 15.5. The van der Waals surface area contributed by atoms with Gasteiger partial charge in [0.2, 0.25) is 5.91 Å². The van der Waals surface area contributed by atoms with E-state index in [1.165, 1.54) is 0 Å². The summed E-state index contributed by atoms with van der Waals surface area (Å²) in [5.74, 6) is 0.331. The number of pyridine rings is 1. The molecule has 0 aromatic carbocycles. The summed E-state index contributed by atoms with van der Waals surface area (Å²) in [6.45, 7) is 0.266. The fourth-order valence-corrected chi connectivity index (χ4v) is 1.16. The fraction of sp³-hybridized carbons (Fsp3) is 0.222. The van der Waals surface area contributed by atoms with Crippen LogP contribution >= 0.6 is 0 Å². The molecule has 2 N–H and O–H groups in total. The van der Waals surface area contributed by atoms with Crippen LogP contribution in [-0.4, -0.2) is 31.5 Å². The Morgan fingerprint density at radius 2 is 2.38 bits per heavy atom. The number of carbonyl (C=O) groups is 1. The van der Waals surface area contributed by atoms with Crippen LogP contribution in [0.5, 0.6) is 0 Å². The number of rotatable bonds is 4. The average molecular weight is 218 g/mol. The molecule has 2 heterocycles. The molecule has 0 fully saturated rings. The number of tetrazole rings is 1. The minimum atomic E-state index is -0.122. The number of nitrogens with zero attached hydrogens (tertiary/aromatic N) is 4. The number of carbonyl (C=O) groups excluding carboxylic acids is 1. The molecule has 0 radical (unpaired) electrons. The second-order valence-corrected chi connectivity index (χ2v) is 3.10. The molecule has 2 aromatic heterocycles. The lowest BCUT2D eigenvalue weighted by molar-refractivity contribution is -0.120. The second-order valence-electron chi connectivity index (χ2n) is 3.10. The van der Waals surface area contributed by atoms with Gasteiger partial charge >= 0.3 is 0 Å². The molecule has 0 unspecified atom stereocenters. The minimum Gasteiger partial charge on any atom is -0.348 e. The molecule has 82 valence electrons. The largest absolute Gasteiger partial charge is 0.348 e. The Morgan fingerprint density at radius 1 is 1.44 bits per heavy atom. The Kier molecular flexibility index (Phi) is 3.17. The van der Waals surface area contributed by atoms with Crippen LogP contribution in [0.4, 0.5) is 0 Å². The summed E-state index contributed by atoms with van der Waals surface area (Å²) in [6, 6.07) is 5.45. The molecule has 0 aliphatic rings. The van der Waals surface area contributed by atoms with Crippen LogP contribution in [0.25, 0.3) is 0 Å². The molecular weight excluding hydrogens is 208 g/mol. The van der Waals surface area contributed by atoms with E-state index >= 15 is 0 Å². The second kappa shape index (κ2) is 4.96. The molecular formula is C9H10N6O. The van der Waals surface area contributed by atoms with Gasteiger partial charge in [0.05, 0.1) is 13.0 Å². The molecule has 2 aromatic rings. The van der Waals surface area contributed by atoms with E-state index < -0.39 is 0 Å². The smallest absolute Gasteiger partial charge is 0.226 e. The normalized spacial score (nSPS) is 10.0. The predicted molar refractivity (Wildman–Crippen MR) is 54.0 cm³/mol. The van der Waals surface area contributed by atoms with Gasteiger partial charge in [-0.1, -0.05) is 11.3 Å². The molecule has 0 atom stereocenters. The van der Waals surface area contributed by atoms with Crippen LogP contribution < -0.4 is 5.32 Å². The number of hydrogen-bond donors (Lipinski definition) is 2. The average Bonchev–Trinajstić information content (AvgIpc) is 2.81. The van der Waals surface area contributed by atoms with E-state index in [1.54, 1.807) is 18.3 Å². The molecule has 7 nitrogen and oxygen atoms in total. The summed E-state index contributed by atoms with van der Waals surface area (Å²) < 4.78 is 0. The van der Waals surface area contributed by atoms with Crippen molar-refractivity contribution >= 4 is 5.91 Å². The highest BCUT2D eigenvalue weighted by atomic mass is 16.1. The Hall–Kier alpha value is -2.31. The number of H-pyrrole nitrogens is 1. The number of hydrogen-bond acceptors (Lipinski definition) is 5. The zero-order valence-corrected chi connectivity index (χ0v) is 8.42. The zero-order valence-electron chi connectivity index (χ0n) is 8.42. The van der Waals surface area contributed by atoms with Gasteiger partial charge in [-0.2, -0.15) is 5.21 Å². The van der Waals surface area contributed by atoms with Crippen molar-refractivity contribution in [1.82, 2.24) is 30.9 Å². The number of nitrogens with one attached hydrogen (secondary N) is 2. The Labute approximate surface area is 91.3 Å². The third-order valence-corrected chi connectivity index (χ3v) is 1.90. The van der Waals surface area contributed by atoms with Gasteiger partial charge in [0.15, 0.2) is 5.82 Å². The Bertz CT molecular complexity index is 440. The molecule has 2 rings (SSSR count). The van der Waals surface area contributed by atoms with Crippen LogP contribution in [0.15, 0.2) is 24.4 Å². The number of aromatic amines is 1. The summed E-state index contributed by atoms with van der Waals surface area (Å²) >= 11 is 0. The quantitative estimate of drug-likeness (QED) is 0.718. The third kappa shape index (κ3) is 2.84. The van der Waals surface area contributed by atoms with E-state index in [1.807, 2.05) is 6.07 Å². The van der Waals surface area contributed by atoms with Crippen LogP contribution in [-0.2, 0) is 17.8 Å². The van der Waals surface area contributed by atoms with Crippen LogP contribution in [0.3, 0.4) is 0 Å². The maximum Gasteiger partial charge on any atom is 0.226 e. The topological polar surface area (TPSA) is 96.5 Å². The van der Waals surface area contributed by atoms with Gasteiger partial charge < -0.3 is 5.32 Å². The lowest BCUT2D eigenvalue weighted by Gasteiger charge is -2.01. The van der Waals surface area contributed by atoms with Gasteiger partial charge in [0, 0.05) is 11.9 Å². The standard InChI is InChI=1S/C9H10N6O/c16-9(5-7-3-1-2-4-10-7)11-6-8-12-14-15-13-8/h1-4H,5-6H2,(H,11,16)(H,12,13,14,15). The highest BCUT2D eigenvalue weighted by molar-refractivity contribution is 5.77. The molecule has 0 spiro atoms. The first-order valence-corrected chi connectivity index (χ1v) is 4.73. The summed E-state index contributed by atoms with van der Waals surface area (Å²) in [5, 5.41) is 15.8. The lowest BCUT2D eigenvalue weighted by atomic mass is 10.2. The predicted octanol–water partition coefficient (Wildman–Crippen LogP) is -0.546. The molecule has 1 amide bonds. The molecule has 16 heavy (non-hydrogen) atoms. The van der Waals surface area contributed by atoms with Crippen molar-refractivity contribution < 1.29 is 4.79 Å². The van der Waals surface area contributed by atoms with E-state index in [2.05, 4.69) is 30.9 Å². The van der Waals surface area contributed by atoms with E-state index in [4.69, 9.17) is 0 Å². The Morgan fingerprint density at radius 3 is 3.06 bits per heavy atom. The fourth-order valence-electron chi connectivity index (χ4n) is 1.16. The monoisotopic (exact) mass is 218 g/mol. The molecule has 0 bridgehead atoms. The van der Waals surface area contributed by atoms with E-state index in [-0.39, 0.29) is 18.9 Å². The Balaban J connectivity index is 1.81. The number of amides is 1. The van der Waals surface area contributed by atoms with E-state index in [0.717, 1.165) is 5.69 Å². The first-order chi connectivity index (χ1) is 7.84. The highest BCUT2D eigenvalue weighted by Gasteiger charge is 2.05.